The maximum atomic E-state index is 12.2. The Morgan fingerprint density at radius 2 is 2.27 bits per heavy atom. The topological polar surface area (TPSA) is 87.2 Å². The molecular weight excluding hydrogens is 350 g/mol. The van der Waals surface area contributed by atoms with Gasteiger partial charge in [0.2, 0.25) is 0 Å². The lowest BCUT2D eigenvalue weighted by Gasteiger charge is -2.25. The number of carbonyl (C=O) groups excluding carboxylic acids is 1. The number of esters is 1. The summed E-state index contributed by atoms with van der Waals surface area (Å²) in [6.45, 7) is 2.09. The van der Waals surface area contributed by atoms with Gasteiger partial charge in [-0.25, -0.2) is 4.79 Å². The van der Waals surface area contributed by atoms with Crippen molar-refractivity contribution in [3.05, 3.63) is 50.8 Å². The number of aromatic hydroxyl groups is 1. The van der Waals surface area contributed by atoms with Gasteiger partial charge in [-0.2, -0.15) is 5.10 Å². The fourth-order valence-corrected chi connectivity index (χ4v) is 3.43. The number of hydrogen-bond donors (Lipinski definition) is 3. The summed E-state index contributed by atoms with van der Waals surface area (Å²) in [5, 5.41) is 20.6. The molecule has 112 valence electrons. The van der Waals surface area contributed by atoms with Crippen LogP contribution in [-0.2, 0) is 9.53 Å². The van der Waals surface area contributed by atoms with Gasteiger partial charge in [0.05, 0.1) is 17.2 Å². The molecule has 6 nitrogen and oxygen atoms in total. The average molecular weight is 362 g/mol. The smallest absolute Gasteiger partial charge is 0.337 e. The van der Waals surface area contributed by atoms with Crippen LogP contribution in [0.2, 0.25) is 0 Å². The Kier molecular flexibility index (Phi) is 2.80. The predicted octanol–water partition coefficient (Wildman–Crippen LogP) is 2.55. The van der Waals surface area contributed by atoms with Gasteiger partial charge >= 0.3 is 5.97 Å². The van der Waals surface area contributed by atoms with Gasteiger partial charge in [-0.05, 0) is 25.1 Å². The SMILES string of the molecule is Cc1[nH]nc2c1[C@H](c1cc(Br)ccc1O)C1=C(COC1=O)N2. The Balaban J connectivity index is 2.00. The number of carbonyl (C=O) groups is 1. The normalized spacial score (nSPS) is 19.5. The third-order valence-corrected chi connectivity index (χ3v) is 4.53. The third kappa shape index (κ3) is 1.78. The molecule has 3 N–H and O–H groups in total. The predicted molar refractivity (Wildman–Crippen MR) is 82.6 cm³/mol. The lowest BCUT2D eigenvalue weighted by molar-refractivity contribution is -0.136. The standard InChI is InChI=1S/C15H12BrN3O3/c1-6-11-12(8-4-7(16)2-3-10(8)20)13-9(5-22-15(13)21)17-14(11)19-18-6/h2-4,12,20H,5H2,1H3,(H2,17,18,19)/t12-/m0/s1. The van der Waals surface area contributed by atoms with Crippen LogP contribution in [0.4, 0.5) is 5.82 Å². The van der Waals surface area contributed by atoms with Gasteiger partial charge in [0.1, 0.15) is 12.4 Å². The molecule has 2 aromatic rings. The van der Waals surface area contributed by atoms with E-state index in [1.807, 2.05) is 13.0 Å². The highest BCUT2D eigenvalue weighted by Gasteiger charge is 2.41. The minimum atomic E-state index is -0.405. The number of benzene rings is 1. The molecule has 0 amide bonds. The lowest BCUT2D eigenvalue weighted by Crippen LogP contribution is -2.20. The van der Waals surface area contributed by atoms with Crippen molar-refractivity contribution in [3.63, 3.8) is 0 Å². The van der Waals surface area contributed by atoms with Gasteiger partial charge in [0.15, 0.2) is 5.82 Å². The van der Waals surface area contributed by atoms with Gasteiger partial charge in [-0.1, -0.05) is 15.9 Å². The van der Waals surface area contributed by atoms with Crippen molar-refractivity contribution in [1.29, 1.82) is 0 Å². The van der Waals surface area contributed by atoms with E-state index in [9.17, 15) is 9.90 Å². The Morgan fingerprint density at radius 3 is 3.09 bits per heavy atom. The molecule has 0 bridgehead atoms. The summed E-state index contributed by atoms with van der Waals surface area (Å²) in [7, 11) is 0. The van der Waals surface area contributed by atoms with Crippen LogP contribution in [0.25, 0.3) is 0 Å². The number of cyclic esters (lactones) is 1. The minimum absolute atomic E-state index is 0.133. The Morgan fingerprint density at radius 1 is 1.45 bits per heavy atom. The van der Waals surface area contributed by atoms with Gasteiger partial charge in [-0.3, -0.25) is 5.10 Å². The first-order chi connectivity index (χ1) is 10.6. The zero-order chi connectivity index (χ0) is 15.4. The molecule has 7 heteroatoms. The highest BCUT2D eigenvalue weighted by atomic mass is 79.9. The first kappa shape index (κ1) is 13.4. The number of nitrogens with zero attached hydrogens (tertiary/aromatic N) is 1. The molecule has 0 fully saturated rings. The first-order valence-electron chi connectivity index (χ1n) is 6.76. The van der Waals surface area contributed by atoms with Crippen LogP contribution in [0, 0.1) is 6.92 Å². The molecule has 2 aliphatic heterocycles. The van der Waals surface area contributed by atoms with E-state index in [2.05, 4.69) is 31.4 Å². The van der Waals surface area contributed by atoms with E-state index < -0.39 is 5.92 Å². The highest BCUT2D eigenvalue weighted by Crippen LogP contribution is 2.47. The number of hydrogen-bond acceptors (Lipinski definition) is 5. The van der Waals surface area contributed by atoms with Crippen LogP contribution >= 0.6 is 15.9 Å². The number of ether oxygens (including phenoxy) is 1. The molecule has 3 heterocycles. The largest absolute Gasteiger partial charge is 0.508 e. The zero-order valence-electron chi connectivity index (χ0n) is 11.6. The molecule has 1 aromatic heterocycles. The van der Waals surface area contributed by atoms with E-state index >= 15 is 0 Å². The summed E-state index contributed by atoms with van der Waals surface area (Å²) in [6, 6.07) is 5.18. The number of H-pyrrole nitrogens is 1. The monoisotopic (exact) mass is 361 g/mol. The number of fused-ring (bicyclic) bond motifs is 1. The molecule has 2 aliphatic rings. The number of rotatable bonds is 1. The second kappa shape index (κ2) is 4.61. The fraction of sp³-hybridized carbons (Fsp3) is 0.200. The van der Waals surface area contributed by atoms with E-state index in [0.29, 0.717) is 22.7 Å². The molecule has 1 atom stereocenters. The zero-order valence-corrected chi connectivity index (χ0v) is 13.2. The molecular formula is C15H12BrN3O3. The molecule has 0 aliphatic carbocycles. The number of aromatic nitrogens is 2. The summed E-state index contributed by atoms with van der Waals surface area (Å²) in [4.78, 5) is 12.2. The minimum Gasteiger partial charge on any atom is -0.508 e. The molecule has 0 unspecified atom stereocenters. The Hall–Kier alpha value is -2.28. The van der Waals surface area contributed by atoms with Gasteiger partial charge in [0.25, 0.3) is 0 Å². The summed E-state index contributed by atoms with van der Waals surface area (Å²) in [5.74, 6) is 0.0303. The number of aromatic amines is 1. The van der Waals surface area contributed by atoms with E-state index in [1.165, 1.54) is 0 Å². The van der Waals surface area contributed by atoms with Crippen molar-refractivity contribution in [2.75, 3.05) is 11.9 Å². The Bertz CT molecular complexity index is 841. The quantitative estimate of drug-likeness (QED) is 0.679. The number of aryl methyl sites for hydroxylation is 1. The molecule has 0 saturated heterocycles. The van der Waals surface area contributed by atoms with Crippen LogP contribution < -0.4 is 5.32 Å². The maximum Gasteiger partial charge on any atom is 0.337 e. The summed E-state index contributed by atoms with van der Waals surface area (Å²) >= 11 is 3.42. The summed E-state index contributed by atoms with van der Waals surface area (Å²) in [6.07, 6.45) is 0. The van der Waals surface area contributed by atoms with Crippen molar-refractivity contribution < 1.29 is 14.6 Å². The molecule has 1 aromatic carbocycles. The van der Waals surface area contributed by atoms with Crippen molar-refractivity contribution in [2.45, 2.75) is 12.8 Å². The second-order valence-corrected chi connectivity index (χ2v) is 6.26. The van der Waals surface area contributed by atoms with E-state index in [4.69, 9.17) is 4.74 Å². The average Bonchev–Trinajstić information content (AvgIpc) is 3.04. The number of anilines is 1. The third-order valence-electron chi connectivity index (χ3n) is 4.03. The fourth-order valence-electron chi connectivity index (χ4n) is 3.05. The van der Waals surface area contributed by atoms with E-state index in [-0.39, 0.29) is 18.3 Å². The van der Waals surface area contributed by atoms with Crippen LogP contribution in [0.5, 0.6) is 5.75 Å². The van der Waals surface area contributed by atoms with Crippen molar-refractivity contribution in [1.82, 2.24) is 10.2 Å². The molecule has 0 spiro atoms. The molecule has 4 rings (SSSR count). The number of nitrogens with one attached hydrogen (secondary N) is 2. The highest BCUT2D eigenvalue weighted by molar-refractivity contribution is 9.10. The van der Waals surface area contributed by atoms with Crippen molar-refractivity contribution in [3.8, 4) is 5.75 Å². The van der Waals surface area contributed by atoms with Gasteiger partial charge < -0.3 is 15.2 Å². The Labute approximate surface area is 134 Å². The van der Waals surface area contributed by atoms with Crippen LogP contribution in [-0.4, -0.2) is 27.9 Å². The van der Waals surface area contributed by atoms with Crippen molar-refractivity contribution in [2.24, 2.45) is 0 Å². The molecule has 0 radical (unpaired) electrons. The molecule has 0 saturated carbocycles. The summed E-state index contributed by atoms with van der Waals surface area (Å²) in [5.41, 5.74) is 3.58. The van der Waals surface area contributed by atoms with Gasteiger partial charge in [0, 0.05) is 21.3 Å². The maximum absolute atomic E-state index is 12.2. The van der Waals surface area contributed by atoms with Crippen LogP contribution in [0.15, 0.2) is 33.9 Å². The first-order valence-corrected chi connectivity index (χ1v) is 7.56. The van der Waals surface area contributed by atoms with Gasteiger partial charge in [-0.15, -0.1) is 0 Å². The second-order valence-electron chi connectivity index (χ2n) is 5.34. The molecule has 22 heavy (non-hydrogen) atoms. The number of phenols is 1. The van der Waals surface area contributed by atoms with E-state index in [0.717, 1.165) is 15.7 Å². The summed E-state index contributed by atoms with van der Waals surface area (Å²) < 4.78 is 5.98. The van der Waals surface area contributed by atoms with Crippen LogP contribution in [0.3, 0.4) is 0 Å². The van der Waals surface area contributed by atoms with Crippen LogP contribution in [0.1, 0.15) is 22.7 Å². The van der Waals surface area contributed by atoms with E-state index in [1.54, 1.807) is 12.1 Å². The lowest BCUT2D eigenvalue weighted by atomic mass is 9.81. The van der Waals surface area contributed by atoms with Crippen molar-refractivity contribution >= 4 is 27.7 Å². The number of phenolic OH excluding ortho intramolecular Hbond substituents is 1. The number of halogens is 1.